The van der Waals surface area contributed by atoms with Gasteiger partial charge in [-0.15, -0.1) is 0 Å². The molecule has 6 heteroatoms. The Kier molecular flexibility index (Phi) is 6.19. The maximum Gasteiger partial charge on any atom is 1.00 e. The Morgan fingerprint density at radius 2 is 1.80 bits per heavy atom. The van der Waals surface area contributed by atoms with Gasteiger partial charge in [0.1, 0.15) is 0 Å². The fourth-order valence-corrected chi connectivity index (χ4v) is 0.939. The molecule has 0 bridgehead atoms. The Balaban J connectivity index is 0. The van der Waals surface area contributed by atoms with Gasteiger partial charge in [0.2, 0.25) is 0 Å². The number of rotatable bonds is 2. The third kappa shape index (κ3) is 4.44. The number of hydroxylamine groups is 2. The SMILES string of the molecule is O=C(O)C(=O)N(O)Cc1ccccc1.[H-].[Na+]. The molecule has 1 aromatic rings. The number of carboxylic acids is 1. The number of hydrogen-bond donors (Lipinski definition) is 2. The van der Waals surface area contributed by atoms with Crippen LogP contribution in [0.25, 0.3) is 0 Å². The molecule has 0 radical (unpaired) electrons. The molecule has 15 heavy (non-hydrogen) atoms. The van der Waals surface area contributed by atoms with Crippen molar-refractivity contribution in [3.63, 3.8) is 0 Å². The second-order valence-corrected chi connectivity index (χ2v) is 2.65. The van der Waals surface area contributed by atoms with E-state index in [1.54, 1.807) is 30.3 Å². The summed E-state index contributed by atoms with van der Waals surface area (Å²) < 4.78 is 0. The standard InChI is InChI=1S/C9H9NO4.Na.H/c11-8(9(12)13)10(14)6-7-4-2-1-3-5-7;;/h1-5,14H,6H2,(H,12,13);;/q;+1;-1. The van der Waals surface area contributed by atoms with Gasteiger partial charge < -0.3 is 6.53 Å². The van der Waals surface area contributed by atoms with Crippen LogP contribution in [0.15, 0.2) is 30.3 Å². The predicted molar refractivity (Wildman–Crippen MR) is 47.5 cm³/mol. The molecule has 0 fully saturated rings. The van der Waals surface area contributed by atoms with E-state index in [0.29, 0.717) is 5.56 Å². The number of carboxylic acid groups (broad SMARTS) is 1. The zero-order valence-corrected chi connectivity index (χ0v) is 10.3. The van der Waals surface area contributed by atoms with Crippen molar-refractivity contribution < 1.29 is 50.9 Å². The first-order valence-electron chi connectivity index (χ1n) is 3.89. The van der Waals surface area contributed by atoms with Gasteiger partial charge in [-0.3, -0.25) is 10.0 Å². The number of benzene rings is 1. The maximum absolute atomic E-state index is 10.7. The molecule has 2 N–H and O–H groups in total. The molecule has 1 aromatic carbocycles. The van der Waals surface area contributed by atoms with E-state index in [-0.39, 0.29) is 42.6 Å². The molecule has 1 rings (SSSR count). The third-order valence-corrected chi connectivity index (χ3v) is 1.59. The summed E-state index contributed by atoms with van der Waals surface area (Å²) in [6.45, 7) is -0.133. The van der Waals surface area contributed by atoms with Crippen LogP contribution in [0.1, 0.15) is 6.99 Å². The summed E-state index contributed by atoms with van der Waals surface area (Å²) in [4.78, 5) is 20.9. The van der Waals surface area contributed by atoms with Gasteiger partial charge in [-0.05, 0) is 5.56 Å². The van der Waals surface area contributed by atoms with Crippen molar-refractivity contribution in [2.75, 3.05) is 0 Å². The number of aliphatic carboxylic acids is 1. The number of carbonyl (C=O) groups is 2. The van der Waals surface area contributed by atoms with E-state index in [1.165, 1.54) is 0 Å². The number of nitrogens with zero attached hydrogens (tertiary/aromatic N) is 1. The topological polar surface area (TPSA) is 77.8 Å². The van der Waals surface area contributed by atoms with Crippen LogP contribution in [-0.2, 0) is 16.1 Å². The van der Waals surface area contributed by atoms with Crippen molar-refractivity contribution in [3.05, 3.63) is 35.9 Å². The number of carbonyl (C=O) groups excluding carboxylic acids is 1. The molecule has 0 saturated heterocycles. The maximum atomic E-state index is 10.7. The molecule has 1 amide bonds. The number of amides is 1. The summed E-state index contributed by atoms with van der Waals surface area (Å²) >= 11 is 0. The largest absolute Gasteiger partial charge is 1.00 e. The Morgan fingerprint density at radius 3 is 2.27 bits per heavy atom. The summed E-state index contributed by atoms with van der Waals surface area (Å²) in [7, 11) is 0. The molecule has 0 spiro atoms. The van der Waals surface area contributed by atoms with Crippen molar-refractivity contribution in [3.8, 4) is 0 Å². The first-order valence-corrected chi connectivity index (χ1v) is 3.89. The zero-order valence-electron chi connectivity index (χ0n) is 9.25. The molecule has 5 nitrogen and oxygen atoms in total. The van der Waals surface area contributed by atoms with Gasteiger partial charge in [0.15, 0.2) is 0 Å². The van der Waals surface area contributed by atoms with Gasteiger partial charge in [0.25, 0.3) is 0 Å². The van der Waals surface area contributed by atoms with E-state index in [2.05, 4.69) is 0 Å². The van der Waals surface area contributed by atoms with E-state index in [9.17, 15) is 9.59 Å². The van der Waals surface area contributed by atoms with E-state index >= 15 is 0 Å². The summed E-state index contributed by atoms with van der Waals surface area (Å²) in [5.74, 6) is -3.02. The minimum atomic E-state index is -1.68. The fourth-order valence-electron chi connectivity index (χ4n) is 0.939. The van der Waals surface area contributed by atoms with E-state index in [0.717, 1.165) is 0 Å². The first-order chi connectivity index (χ1) is 6.61. The predicted octanol–water partition coefficient (Wildman–Crippen LogP) is -2.39. The van der Waals surface area contributed by atoms with E-state index < -0.39 is 11.9 Å². The van der Waals surface area contributed by atoms with Crippen LogP contribution in [0.3, 0.4) is 0 Å². The van der Waals surface area contributed by atoms with Crippen LogP contribution < -0.4 is 29.6 Å². The normalized spacial score (nSPS) is 8.87. The van der Waals surface area contributed by atoms with Gasteiger partial charge in [-0.25, -0.2) is 9.86 Å². The molecule has 0 aromatic heterocycles. The molecular weight excluding hydrogens is 209 g/mol. The Labute approximate surface area is 110 Å². The monoisotopic (exact) mass is 219 g/mol. The van der Waals surface area contributed by atoms with Gasteiger partial charge in [0.05, 0.1) is 6.54 Å². The Bertz CT molecular complexity index is 347. The first kappa shape index (κ1) is 14.1. The third-order valence-electron chi connectivity index (χ3n) is 1.59. The molecule has 0 aliphatic carbocycles. The zero-order chi connectivity index (χ0) is 10.6. The molecular formula is C9H10NNaO4. The van der Waals surface area contributed by atoms with Gasteiger partial charge in [-0.2, -0.15) is 0 Å². The van der Waals surface area contributed by atoms with Crippen molar-refractivity contribution >= 4 is 11.9 Å². The Morgan fingerprint density at radius 1 is 1.27 bits per heavy atom. The van der Waals surface area contributed by atoms with Crippen LogP contribution in [0.5, 0.6) is 0 Å². The molecule has 0 atom stereocenters. The second kappa shape index (κ2) is 6.58. The second-order valence-electron chi connectivity index (χ2n) is 2.65. The van der Waals surface area contributed by atoms with Crippen molar-refractivity contribution in [2.24, 2.45) is 0 Å². The molecule has 0 unspecified atom stereocenters. The minimum absolute atomic E-state index is 0. The van der Waals surface area contributed by atoms with Gasteiger partial charge in [0, 0.05) is 0 Å². The summed E-state index contributed by atoms with van der Waals surface area (Å²) in [6, 6.07) is 8.60. The van der Waals surface area contributed by atoms with E-state index in [4.69, 9.17) is 10.3 Å². The van der Waals surface area contributed by atoms with Gasteiger partial charge >= 0.3 is 41.4 Å². The average Bonchev–Trinajstić information content (AvgIpc) is 2.18. The summed E-state index contributed by atoms with van der Waals surface area (Å²) in [5.41, 5.74) is 0.657. The van der Waals surface area contributed by atoms with Crippen LogP contribution in [0.2, 0.25) is 0 Å². The fraction of sp³-hybridized carbons (Fsp3) is 0.111. The average molecular weight is 219 g/mol. The summed E-state index contributed by atoms with van der Waals surface area (Å²) in [5, 5.41) is 17.5. The number of hydrogen-bond acceptors (Lipinski definition) is 3. The van der Waals surface area contributed by atoms with Crippen molar-refractivity contribution in [2.45, 2.75) is 6.54 Å². The van der Waals surface area contributed by atoms with Crippen LogP contribution >= 0.6 is 0 Å². The van der Waals surface area contributed by atoms with Crippen LogP contribution in [-0.4, -0.2) is 27.3 Å². The molecule has 0 saturated carbocycles. The molecule has 76 valence electrons. The molecule has 0 aliphatic rings. The van der Waals surface area contributed by atoms with Crippen LogP contribution in [0.4, 0.5) is 0 Å². The van der Waals surface area contributed by atoms with E-state index in [1.807, 2.05) is 0 Å². The molecule has 0 aliphatic heterocycles. The quantitative estimate of drug-likeness (QED) is 0.252. The minimum Gasteiger partial charge on any atom is -1.00 e. The molecule has 0 heterocycles. The van der Waals surface area contributed by atoms with Crippen molar-refractivity contribution in [1.29, 1.82) is 0 Å². The van der Waals surface area contributed by atoms with Crippen molar-refractivity contribution in [1.82, 2.24) is 5.06 Å². The van der Waals surface area contributed by atoms with Crippen LogP contribution in [0, 0.1) is 0 Å². The van der Waals surface area contributed by atoms with Gasteiger partial charge in [-0.1, -0.05) is 30.3 Å². The Hall–Kier alpha value is -0.880. The smallest absolute Gasteiger partial charge is 1.00 e. The summed E-state index contributed by atoms with van der Waals surface area (Å²) in [6.07, 6.45) is 0.